The second-order valence-corrected chi connectivity index (χ2v) is 12.1. The summed E-state index contributed by atoms with van der Waals surface area (Å²) >= 11 is 0. The first-order chi connectivity index (χ1) is 19.2. The Morgan fingerprint density at radius 3 is 2.60 bits per heavy atom. The minimum absolute atomic E-state index is 0.0460. The zero-order valence-corrected chi connectivity index (χ0v) is 24.2. The zero-order valence-electron chi connectivity index (χ0n) is 24.2. The number of amides is 3. The summed E-state index contributed by atoms with van der Waals surface area (Å²) in [5.74, 6) is -0.671. The quantitative estimate of drug-likeness (QED) is 0.339. The number of nitrogens with one attached hydrogen (secondary N) is 2. The maximum absolute atomic E-state index is 14.1. The summed E-state index contributed by atoms with van der Waals surface area (Å²) in [6.07, 6.45) is 6.94. The number of ether oxygens (including phenoxy) is 3. The van der Waals surface area contributed by atoms with E-state index in [1.165, 1.54) is 0 Å². The van der Waals surface area contributed by atoms with Gasteiger partial charge in [-0.15, -0.1) is 0 Å². The van der Waals surface area contributed by atoms with Gasteiger partial charge in [-0.1, -0.05) is 38.8 Å². The predicted molar refractivity (Wildman–Crippen MR) is 151 cm³/mol. The van der Waals surface area contributed by atoms with Crippen molar-refractivity contribution in [1.82, 2.24) is 10.2 Å². The maximum atomic E-state index is 14.1. The molecule has 2 N–H and O–H groups in total. The molecule has 4 aliphatic rings. The van der Waals surface area contributed by atoms with Crippen LogP contribution in [0.4, 0.5) is 5.69 Å². The van der Waals surface area contributed by atoms with Crippen molar-refractivity contribution in [3.63, 3.8) is 0 Å². The van der Waals surface area contributed by atoms with E-state index in [2.05, 4.69) is 24.5 Å². The van der Waals surface area contributed by atoms with E-state index in [9.17, 15) is 14.4 Å². The summed E-state index contributed by atoms with van der Waals surface area (Å²) in [4.78, 5) is 43.4. The average Bonchev–Trinajstić information content (AvgIpc) is 3.57. The third-order valence-electron chi connectivity index (χ3n) is 9.31. The standard InChI is InChI=1S/C31H43N3O6/c1-18(2)39-17-7-16-34-27(29(36)33-23-9-6-8-19(3)20(23)4)31-15-14-24(40-31)25(26(31)30(34)37)28(35)32-21-10-12-22(38-5)13-11-21/h10-15,18-20,23-27H,6-9,16-17H2,1-5H3,(H,32,35)(H,33,36)/t19-,20+,23+,24-,25+,26-,27-,31-/m0/s1. The monoisotopic (exact) mass is 553 g/mol. The van der Waals surface area contributed by atoms with Crippen molar-refractivity contribution in [2.24, 2.45) is 23.7 Å². The summed E-state index contributed by atoms with van der Waals surface area (Å²) in [5.41, 5.74) is -0.565. The van der Waals surface area contributed by atoms with E-state index in [-0.39, 0.29) is 29.9 Å². The minimum Gasteiger partial charge on any atom is -0.497 e. The van der Waals surface area contributed by atoms with Crippen LogP contribution in [-0.2, 0) is 23.9 Å². The first kappa shape index (κ1) is 28.6. The van der Waals surface area contributed by atoms with Crippen LogP contribution in [0, 0.1) is 23.7 Å². The lowest BCUT2D eigenvalue weighted by Gasteiger charge is -2.38. The number of hydrogen-bond donors (Lipinski definition) is 2. The molecule has 1 aliphatic carbocycles. The van der Waals surface area contributed by atoms with Gasteiger partial charge in [-0.3, -0.25) is 14.4 Å². The summed E-state index contributed by atoms with van der Waals surface area (Å²) in [6, 6.07) is 6.26. The molecule has 0 aromatic heterocycles. The molecule has 2 saturated heterocycles. The van der Waals surface area contributed by atoms with Crippen LogP contribution in [0.5, 0.6) is 5.75 Å². The fourth-order valence-electron chi connectivity index (χ4n) is 7.01. The number of benzene rings is 1. The lowest BCUT2D eigenvalue weighted by Crippen LogP contribution is -2.58. The third kappa shape index (κ3) is 5.14. The molecule has 9 heteroatoms. The number of hydrogen-bond acceptors (Lipinski definition) is 6. The molecule has 1 saturated carbocycles. The molecule has 5 rings (SSSR count). The van der Waals surface area contributed by atoms with Crippen LogP contribution in [0.2, 0.25) is 0 Å². The molecular weight excluding hydrogens is 510 g/mol. The van der Waals surface area contributed by atoms with E-state index in [1.54, 1.807) is 36.3 Å². The second-order valence-electron chi connectivity index (χ2n) is 12.1. The smallest absolute Gasteiger partial charge is 0.246 e. The number of carbonyl (C=O) groups excluding carboxylic acids is 3. The molecule has 218 valence electrons. The van der Waals surface area contributed by atoms with Crippen molar-refractivity contribution in [3.05, 3.63) is 36.4 Å². The highest BCUT2D eigenvalue weighted by Gasteiger charge is 2.72. The minimum atomic E-state index is -1.17. The molecule has 3 aliphatic heterocycles. The Bertz CT molecular complexity index is 1140. The summed E-state index contributed by atoms with van der Waals surface area (Å²) in [6.45, 7) is 9.19. The SMILES string of the molecule is COc1ccc(NC(=O)[C@@H]2[C@@H]3C=C[C@]4(O3)[C@@H]2C(=O)N(CCCOC(C)C)[C@H]4C(=O)N[C@@H]2CCC[C@H](C)[C@H]2C)cc1. The van der Waals surface area contributed by atoms with Crippen molar-refractivity contribution >= 4 is 23.4 Å². The third-order valence-corrected chi connectivity index (χ3v) is 9.31. The molecule has 1 spiro atoms. The van der Waals surface area contributed by atoms with Crippen LogP contribution in [-0.4, -0.2) is 72.8 Å². The summed E-state index contributed by atoms with van der Waals surface area (Å²) in [7, 11) is 1.58. The van der Waals surface area contributed by atoms with Gasteiger partial charge in [0, 0.05) is 24.9 Å². The van der Waals surface area contributed by atoms with Gasteiger partial charge in [-0.25, -0.2) is 0 Å². The van der Waals surface area contributed by atoms with Gasteiger partial charge in [0.25, 0.3) is 0 Å². The highest BCUT2D eigenvalue weighted by Crippen LogP contribution is 2.55. The molecule has 9 nitrogen and oxygen atoms in total. The molecule has 1 aromatic carbocycles. The highest BCUT2D eigenvalue weighted by atomic mass is 16.5. The molecule has 40 heavy (non-hydrogen) atoms. The molecule has 0 radical (unpaired) electrons. The van der Waals surface area contributed by atoms with E-state index < -0.39 is 29.6 Å². The molecule has 3 amide bonds. The van der Waals surface area contributed by atoms with Crippen molar-refractivity contribution in [3.8, 4) is 5.75 Å². The average molecular weight is 554 g/mol. The van der Waals surface area contributed by atoms with Crippen LogP contribution in [0.1, 0.15) is 53.4 Å². The van der Waals surface area contributed by atoms with E-state index in [4.69, 9.17) is 14.2 Å². The van der Waals surface area contributed by atoms with Crippen LogP contribution in [0.25, 0.3) is 0 Å². The lowest BCUT2D eigenvalue weighted by molar-refractivity contribution is -0.142. The molecule has 8 atom stereocenters. The van der Waals surface area contributed by atoms with Crippen LogP contribution < -0.4 is 15.4 Å². The second kappa shape index (κ2) is 11.5. The number of fused-ring (bicyclic) bond motifs is 1. The Labute approximate surface area is 237 Å². The first-order valence-electron chi connectivity index (χ1n) is 14.7. The van der Waals surface area contributed by atoms with Gasteiger partial charge >= 0.3 is 0 Å². The summed E-state index contributed by atoms with van der Waals surface area (Å²) < 4.78 is 17.4. The molecule has 3 fully saturated rings. The lowest BCUT2D eigenvalue weighted by atomic mass is 9.73. The molecular formula is C31H43N3O6. The van der Waals surface area contributed by atoms with Crippen LogP contribution >= 0.6 is 0 Å². The fraction of sp³-hybridized carbons (Fsp3) is 0.645. The van der Waals surface area contributed by atoms with Gasteiger partial charge in [-0.05, 0) is 62.8 Å². The van der Waals surface area contributed by atoms with E-state index in [0.29, 0.717) is 42.8 Å². The Hall–Kier alpha value is -2.91. The highest BCUT2D eigenvalue weighted by molar-refractivity contribution is 6.02. The van der Waals surface area contributed by atoms with E-state index in [1.807, 2.05) is 26.0 Å². The van der Waals surface area contributed by atoms with E-state index in [0.717, 1.165) is 19.3 Å². The van der Waals surface area contributed by atoms with Crippen molar-refractivity contribution in [1.29, 1.82) is 0 Å². The normalized spacial score (nSPS) is 34.3. The largest absolute Gasteiger partial charge is 0.497 e. The number of anilines is 1. The van der Waals surface area contributed by atoms with Gasteiger partial charge in [0.2, 0.25) is 17.7 Å². The van der Waals surface area contributed by atoms with Crippen molar-refractivity contribution in [2.45, 2.75) is 83.3 Å². The molecule has 1 aromatic rings. The number of nitrogens with zero attached hydrogens (tertiary/aromatic N) is 1. The Morgan fingerprint density at radius 1 is 1.15 bits per heavy atom. The van der Waals surface area contributed by atoms with Gasteiger partial charge in [0.15, 0.2) is 0 Å². The number of rotatable bonds is 10. The van der Waals surface area contributed by atoms with Gasteiger partial charge in [0.1, 0.15) is 17.4 Å². The Kier molecular flexibility index (Phi) is 8.25. The maximum Gasteiger partial charge on any atom is 0.246 e. The van der Waals surface area contributed by atoms with Gasteiger partial charge < -0.3 is 29.7 Å². The van der Waals surface area contributed by atoms with Gasteiger partial charge in [0.05, 0.1) is 31.2 Å². The van der Waals surface area contributed by atoms with E-state index >= 15 is 0 Å². The number of methoxy groups -OCH3 is 1. The van der Waals surface area contributed by atoms with Crippen LogP contribution in [0.15, 0.2) is 36.4 Å². The van der Waals surface area contributed by atoms with Crippen molar-refractivity contribution in [2.75, 3.05) is 25.6 Å². The van der Waals surface area contributed by atoms with Crippen LogP contribution in [0.3, 0.4) is 0 Å². The number of carbonyl (C=O) groups is 3. The summed E-state index contributed by atoms with van der Waals surface area (Å²) in [5, 5.41) is 6.24. The topological polar surface area (TPSA) is 106 Å². The van der Waals surface area contributed by atoms with Crippen molar-refractivity contribution < 1.29 is 28.6 Å². The van der Waals surface area contributed by atoms with Gasteiger partial charge in [-0.2, -0.15) is 0 Å². The first-order valence-corrected chi connectivity index (χ1v) is 14.7. The fourth-order valence-corrected chi connectivity index (χ4v) is 7.01. The predicted octanol–water partition coefficient (Wildman–Crippen LogP) is 3.54. The number of likely N-dealkylation sites (tertiary alicyclic amines) is 1. The Balaban J connectivity index is 1.39. The molecule has 3 heterocycles. The Morgan fingerprint density at radius 2 is 1.90 bits per heavy atom. The molecule has 2 bridgehead atoms. The molecule has 0 unspecified atom stereocenters. The zero-order chi connectivity index (χ0) is 28.6.